The van der Waals surface area contributed by atoms with Gasteiger partial charge < -0.3 is 10.6 Å². The topological polar surface area (TPSA) is 32.5 Å². The van der Waals surface area contributed by atoms with Crippen molar-refractivity contribution in [2.45, 2.75) is 32.2 Å². The van der Waals surface area contributed by atoms with Gasteiger partial charge in [0, 0.05) is 31.1 Å². The lowest BCUT2D eigenvalue weighted by Crippen LogP contribution is -2.49. The maximum atomic E-state index is 6.11. The smallest absolute Gasteiger partial charge is 0.0194 e. The van der Waals surface area contributed by atoms with E-state index in [0.29, 0.717) is 12.6 Å². The Morgan fingerprint density at radius 3 is 2.25 bits per heavy atom. The number of hydrogen-bond acceptors (Lipinski definition) is 3. The fourth-order valence-corrected chi connectivity index (χ4v) is 2.79. The van der Waals surface area contributed by atoms with Crippen LogP contribution in [0.25, 0.3) is 0 Å². The Balaban J connectivity index is 2.84. The average molecular weight is 277 g/mol. The second kappa shape index (κ2) is 7.77. The number of nitrogens with two attached hydrogens (primary N) is 1. The van der Waals surface area contributed by atoms with Crippen molar-refractivity contribution in [3.05, 3.63) is 35.9 Å². The van der Waals surface area contributed by atoms with Crippen LogP contribution in [0.5, 0.6) is 0 Å². The van der Waals surface area contributed by atoms with Crippen molar-refractivity contribution < 1.29 is 0 Å². The third-order valence-electron chi connectivity index (χ3n) is 4.13. The van der Waals surface area contributed by atoms with E-state index in [1.165, 1.54) is 5.56 Å². The highest BCUT2D eigenvalue weighted by molar-refractivity contribution is 5.25. The summed E-state index contributed by atoms with van der Waals surface area (Å²) in [6.45, 7) is 10.6. The molecule has 114 valence electrons. The molecule has 1 aromatic carbocycles. The predicted molar refractivity (Wildman–Crippen MR) is 88.1 cm³/mol. The van der Waals surface area contributed by atoms with Crippen LogP contribution in [-0.2, 0) is 5.41 Å². The molecule has 3 nitrogen and oxygen atoms in total. The summed E-state index contributed by atoms with van der Waals surface area (Å²) in [5.74, 6) is 0. The summed E-state index contributed by atoms with van der Waals surface area (Å²) in [7, 11) is 4.26. The molecule has 0 aliphatic rings. The predicted octanol–water partition coefficient (Wildman–Crippen LogP) is 2.17. The van der Waals surface area contributed by atoms with E-state index in [-0.39, 0.29) is 5.41 Å². The second-order valence-corrected chi connectivity index (χ2v) is 6.31. The summed E-state index contributed by atoms with van der Waals surface area (Å²) < 4.78 is 0. The molecule has 0 heterocycles. The lowest BCUT2D eigenvalue weighted by Gasteiger charge is -2.38. The highest BCUT2D eigenvalue weighted by atomic mass is 15.2. The minimum absolute atomic E-state index is 0.0117. The Bertz CT molecular complexity index is 377. The fourth-order valence-electron chi connectivity index (χ4n) is 2.79. The molecule has 3 heteroatoms. The average Bonchev–Trinajstić information content (AvgIpc) is 2.44. The van der Waals surface area contributed by atoms with E-state index in [2.05, 4.69) is 75.0 Å². The first-order valence-electron chi connectivity index (χ1n) is 7.57. The highest BCUT2D eigenvalue weighted by Crippen LogP contribution is 2.24. The molecule has 0 fully saturated rings. The van der Waals surface area contributed by atoms with Crippen molar-refractivity contribution in [3.8, 4) is 0 Å². The number of hydrogen-bond donors (Lipinski definition) is 1. The molecular formula is C17H31N3. The van der Waals surface area contributed by atoms with Gasteiger partial charge in [0.25, 0.3) is 0 Å². The lowest BCUT2D eigenvalue weighted by atomic mass is 9.81. The molecule has 0 aromatic heterocycles. The number of nitrogens with zero attached hydrogens (tertiary/aromatic N) is 2. The highest BCUT2D eigenvalue weighted by Gasteiger charge is 2.29. The lowest BCUT2D eigenvalue weighted by molar-refractivity contribution is 0.149. The van der Waals surface area contributed by atoms with E-state index in [1.807, 2.05) is 0 Å². The molecule has 0 spiro atoms. The minimum atomic E-state index is 0.0117. The molecule has 0 bridgehead atoms. The van der Waals surface area contributed by atoms with Gasteiger partial charge in [0.2, 0.25) is 0 Å². The summed E-state index contributed by atoms with van der Waals surface area (Å²) in [6, 6.07) is 11.2. The molecule has 0 amide bonds. The van der Waals surface area contributed by atoms with Crippen molar-refractivity contribution in [1.29, 1.82) is 0 Å². The van der Waals surface area contributed by atoms with Crippen molar-refractivity contribution in [2.75, 3.05) is 40.3 Å². The van der Waals surface area contributed by atoms with E-state index in [9.17, 15) is 0 Å². The molecule has 0 saturated heterocycles. The first-order valence-corrected chi connectivity index (χ1v) is 7.57. The molecule has 0 aliphatic carbocycles. The maximum absolute atomic E-state index is 6.11. The molecule has 20 heavy (non-hydrogen) atoms. The van der Waals surface area contributed by atoms with Crippen LogP contribution < -0.4 is 5.73 Å². The van der Waals surface area contributed by atoms with Crippen LogP contribution in [0.15, 0.2) is 30.3 Å². The van der Waals surface area contributed by atoms with Crippen molar-refractivity contribution in [3.63, 3.8) is 0 Å². The van der Waals surface area contributed by atoms with E-state index < -0.39 is 0 Å². The Kier molecular flexibility index (Phi) is 6.66. The van der Waals surface area contributed by atoms with E-state index in [0.717, 1.165) is 19.6 Å². The van der Waals surface area contributed by atoms with Crippen LogP contribution in [0, 0.1) is 0 Å². The molecule has 0 radical (unpaired) electrons. The van der Waals surface area contributed by atoms with Crippen molar-refractivity contribution in [2.24, 2.45) is 5.73 Å². The zero-order valence-corrected chi connectivity index (χ0v) is 13.8. The van der Waals surface area contributed by atoms with E-state index >= 15 is 0 Å². The Morgan fingerprint density at radius 1 is 1.20 bits per heavy atom. The van der Waals surface area contributed by atoms with Crippen LogP contribution in [-0.4, -0.2) is 56.1 Å². The summed E-state index contributed by atoms with van der Waals surface area (Å²) in [5, 5.41) is 0. The van der Waals surface area contributed by atoms with Gasteiger partial charge in [-0.15, -0.1) is 0 Å². The first kappa shape index (κ1) is 17.2. The molecule has 2 atom stereocenters. The standard InChI is InChI=1S/C17H31N3/c1-6-20(15(2)12-19(4)5)14-17(3,13-18)16-10-8-7-9-11-16/h7-11,15H,6,12-14,18H2,1-5H3. The molecule has 1 aromatic rings. The second-order valence-electron chi connectivity index (χ2n) is 6.31. The monoisotopic (exact) mass is 277 g/mol. The Labute approximate surface area is 124 Å². The van der Waals surface area contributed by atoms with Gasteiger partial charge in [-0.05, 0) is 33.1 Å². The van der Waals surface area contributed by atoms with Gasteiger partial charge in [0.15, 0.2) is 0 Å². The van der Waals surface area contributed by atoms with Crippen LogP contribution in [0.4, 0.5) is 0 Å². The van der Waals surface area contributed by atoms with Crippen LogP contribution >= 0.6 is 0 Å². The quantitative estimate of drug-likeness (QED) is 0.790. The summed E-state index contributed by atoms with van der Waals surface area (Å²) in [5.41, 5.74) is 7.45. The SMILES string of the molecule is CCN(CC(C)(CN)c1ccccc1)C(C)CN(C)C. The van der Waals surface area contributed by atoms with Gasteiger partial charge in [0.05, 0.1) is 0 Å². The molecule has 2 unspecified atom stereocenters. The summed E-state index contributed by atoms with van der Waals surface area (Å²) >= 11 is 0. The third kappa shape index (κ3) is 4.58. The number of benzene rings is 1. The summed E-state index contributed by atoms with van der Waals surface area (Å²) in [6.07, 6.45) is 0. The van der Waals surface area contributed by atoms with Gasteiger partial charge in [-0.1, -0.05) is 44.2 Å². The van der Waals surface area contributed by atoms with Gasteiger partial charge in [-0.3, -0.25) is 4.90 Å². The van der Waals surface area contributed by atoms with Crippen molar-refractivity contribution in [1.82, 2.24) is 9.80 Å². The first-order chi connectivity index (χ1) is 9.42. The molecule has 1 rings (SSSR count). The molecule has 2 N–H and O–H groups in total. The molecular weight excluding hydrogens is 246 g/mol. The largest absolute Gasteiger partial charge is 0.330 e. The van der Waals surface area contributed by atoms with Crippen molar-refractivity contribution >= 4 is 0 Å². The normalized spacial score (nSPS) is 16.4. The van der Waals surface area contributed by atoms with Gasteiger partial charge in [-0.2, -0.15) is 0 Å². The fraction of sp³-hybridized carbons (Fsp3) is 0.647. The number of likely N-dealkylation sites (N-methyl/N-ethyl adjacent to an activating group) is 2. The van der Waals surface area contributed by atoms with Crippen LogP contribution in [0.1, 0.15) is 26.3 Å². The van der Waals surface area contributed by atoms with Gasteiger partial charge in [0.1, 0.15) is 0 Å². The van der Waals surface area contributed by atoms with Crippen LogP contribution in [0.2, 0.25) is 0 Å². The van der Waals surface area contributed by atoms with Gasteiger partial charge >= 0.3 is 0 Å². The summed E-state index contributed by atoms with van der Waals surface area (Å²) in [4.78, 5) is 4.77. The Hall–Kier alpha value is -0.900. The minimum Gasteiger partial charge on any atom is -0.330 e. The van der Waals surface area contributed by atoms with E-state index in [1.54, 1.807) is 0 Å². The zero-order valence-electron chi connectivity index (χ0n) is 13.8. The Morgan fingerprint density at radius 2 is 1.80 bits per heavy atom. The van der Waals surface area contributed by atoms with E-state index in [4.69, 9.17) is 5.73 Å². The van der Waals surface area contributed by atoms with Crippen LogP contribution in [0.3, 0.4) is 0 Å². The molecule has 0 saturated carbocycles. The molecule has 0 aliphatic heterocycles. The number of rotatable bonds is 8. The van der Waals surface area contributed by atoms with Gasteiger partial charge in [-0.25, -0.2) is 0 Å². The third-order valence-corrected chi connectivity index (χ3v) is 4.13. The maximum Gasteiger partial charge on any atom is 0.0194 e. The zero-order chi connectivity index (χ0) is 15.2.